The number of aromatic nitrogens is 3. The van der Waals surface area contributed by atoms with Crippen LogP contribution in [-0.2, 0) is 0 Å². The minimum atomic E-state index is 0.0348. The van der Waals surface area contributed by atoms with Crippen LogP contribution in [0.25, 0.3) is 27.8 Å². The Labute approximate surface area is 180 Å². The first kappa shape index (κ1) is 19.5. The van der Waals surface area contributed by atoms with E-state index < -0.39 is 0 Å². The van der Waals surface area contributed by atoms with Gasteiger partial charge in [-0.1, -0.05) is 6.07 Å². The summed E-state index contributed by atoms with van der Waals surface area (Å²) in [6, 6.07) is 14.0. The summed E-state index contributed by atoms with van der Waals surface area (Å²) >= 11 is 0. The molecule has 1 aliphatic heterocycles. The number of likely N-dealkylation sites (N-methyl/N-ethyl adjacent to an activating group) is 1. The maximum atomic E-state index is 13.8. The fourth-order valence-corrected chi connectivity index (χ4v) is 4.44. The fourth-order valence-electron chi connectivity index (χ4n) is 4.44. The number of methoxy groups -OCH3 is 1. The molecular formula is C24H25N5O2. The van der Waals surface area contributed by atoms with Gasteiger partial charge in [-0.2, -0.15) is 0 Å². The zero-order chi connectivity index (χ0) is 21.5. The van der Waals surface area contributed by atoms with E-state index in [1.54, 1.807) is 13.4 Å². The number of fused-ring (bicyclic) bond motifs is 3. The van der Waals surface area contributed by atoms with Crippen LogP contribution in [0.5, 0.6) is 5.75 Å². The van der Waals surface area contributed by atoms with Gasteiger partial charge in [-0.3, -0.25) is 4.79 Å². The molecule has 0 bridgehead atoms. The van der Waals surface area contributed by atoms with Crippen LogP contribution in [0.4, 0.5) is 0 Å². The lowest BCUT2D eigenvalue weighted by molar-refractivity contribution is 0.0787. The van der Waals surface area contributed by atoms with Gasteiger partial charge >= 0.3 is 0 Å². The molecule has 1 amide bonds. The Hall–Kier alpha value is -3.45. The summed E-state index contributed by atoms with van der Waals surface area (Å²) in [5.74, 6) is 0.812. The van der Waals surface area contributed by atoms with Crippen molar-refractivity contribution in [3.63, 3.8) is 0 Å². The molecule has 7 heteroatoms. The number of amides is 1. The first-order chi connectivity index (χ1) is 15.1. The molecule has 0 saturated carbocycles. The van der Waals surface area contributed by atoms with Crippen LogP contribution in [-0.4, -0.2) is 70.4 Å². The van der Waals surface area contributed by atoms with E-state index >= 15 is 0 Å². The number of carbonyl (C=O) groups is 1. The Balaban J connectivity index is 1.71. The monoisotopic (exact) mass is 415 g/mol. The third-order valence-electron chi connectivity index (χ3n) is 6.18. The van der Waals surface area contributed by atoms with Gasteiger partial charge in [0.05, 0.1) is 29.3 Å². The molecular weight excluding hydrogens is 390 g/mol. The normalized spacial score (nSPS) is 16.5. The Morgan fingerprint density at radius 3 is 2.65 bits per heavy atom. The number of likely N-dealkylation sites (tertiary alicyclic amines) is 1. The van der Waals surface area contributed by atoms with Gasteiger partial charge in [-0.05, 0) is 56.9 Å². The van der Waals surface area contributed by atoms with E-state index in [1.165, 1.54) is 0 Å². The standard InChI is InChI=1S/C24H25N5O2/c1-27(2)17-11-13-28(14-17)24(30)20-19-6-4-5-12-29(19)23-21(20)22(25-15-26-23)16-7-9-18(31-3)10-8-16/h4-10,12,15,17H,11,13-14H2,1-3H3/t17-/m0/s1. The van der Waals surface area contributed by atoms with Gasteiger partial charge < -0.3 is 18.9 Å². The average Bonchev–Trinajstić information content (AvgIpc) is 3.42. The molecule has 5 rings (SSSR count). The van der Waals surface area contributed by atoms with Crippen LogP contribution < -0.4 is 4.74 Å². The van der Waals surface area contributed by atoms with E-state index in [0.717, 1.165) is 53.1 Å². The van der Waals surface area contributed by atoms with Gasteiger partial charge in [0.2, 0.25) is 0 Å². The summed E-state index contributed by atoms with van der Waals surface area (Å²) < 4.78 is 7.28. The molecule has 1 aliphatic rings. The molecule has 31 heavy (non-hydrogen) atoms. The van der Waals surface area contributed by atoms with Gasteiger partial charge in [0.1, 0.15) is 17.7 Å². The minimum absolute atomic E-state index is 0.0348. The van der Waals surface area contributed by atoms with E-state index in [-0.39, 0.29) is 5.91 Å². The topological polar surface area (TPSA) is 63.0 Å². The van der Waals surface area contributed by atoms with Crippen molar-refractivity contribution in [2.75, 3.05) is 34.3 Å². The second-order valence-corrected chi connectivity index (χ2v) is 8.14. The van der Waals surface area contributed by atoms with Crippen LogP contribution in [0, 0.1) is 0 Å². The van der Waals surface area contributed by atoms with Crippen molar-refractivity contribution in [1.29, 1.82) is 0 Å². The van der Waals surface area contributed by atoms with Crippen molar-refractivity contribution in [2.45, 2.75) is 12.5 Å². The molecule has 1 aromatic carbocycles. The van der Waals surface area contributed by atoms with Crippen molar-refractivity contribution in [2.24, 2.45) is 0 Å². The summed E-state index contributed by atoms with van der Waals surface area (Å²) in [4.78, 5) is 27.1. The number of pyridine rings is 1. The highest BCUT2D eigenvalue weighted by Gasteiger charge is 2.32. The maximum absolute atomic E-state index is 13.8. The first-order valence-electron chi connectivity index (χ1n) is 10.4. The van der Waals surface area contributed by atoms with E-state index in [0.29, 0.717) is 11.6 Å². The Morgan fingerprint density at radius 2 is 1.94 bits per heavy atom. The molecule has 0 radical (unpaired) electrons. The van der Waals surface area contributed by atoms with Crippen molar-refractivity contribution >= 4 is 22.5 Å². The Bertz CT molecular complexity index is 1260. The van der Waals surface area contributed by atoms with E-state index in [2.05, 4.69) is 29.0 Å². The first-order valence-corrected chi connectivity index (χ1v) is 10.4. The zero-order valence-corrected chi connectivity index (χ0v) is 17.9. The van der Waals surface area contributed by atoms with Crippen LogP contribution in [0.15, 0.2) is 55.0 Å². The highest BCUT2D eigenvalue weighted by atomic mass is 16.5. The quantitative estimate of drug-likeness (QED) is 0.512. The number of ether oxygens (including phenoxy) is 1. The van der Waals surface area contributed by atoms with Crippen molar-refractivity contribution in [1.82, 2.24) is 24.2 Å². The lowest BCUT2D eigenvalue weighted by atomic mass is 10.0. The number of benzene rings is 1. The number of nitrogens with zero attached hydrogens (tertiary/aromatic N) is 5. The third kappa shape index (κ3) is 3.21. The smallest absolute Gasteiger partial charge is 0.256 e. The summed E-state index contributed by atoms with van der Waals surface area (Å²) in [6.45, 7) is 1.47. The molecule has 7 nitrogen and oxygen atoms in total. The van der Waals surface area contributed by atoms with E-state index in [4.69, 9.17) is 4.74 Å². The summed E-state index contributed by atoms with van der Waals surface area (Å²) in [7, 11) is 5.78. The molecule has 0 aliphatic carbocycles. The second-order valence-electron chi connectivity index (χ2n) is 8.14. The maximum Gasteiger partial charge on any atom is 0.256 e. The molecule has 3 aromatic heterocycles. The lowest BCUT2D eigenvalue weighted by Crippen LogP contribution is -2.34. The zero-order valence-electron chi connectivity index (χ0n) is 17.9. The molecule has 1 saturated heterocycles. The summed E-state index contributed by atoms with van der Waals surface area (Å²) in [5.41, 5.74) is 3.93. The highest BCUT2D eigenvalue weighted by Crippen LogP contribution is 2.34. The molecule has 0 spiro atoms. The fraction of sp³-hybridized carbons (Fsp3) is 0.292. The largest absolute Gasteiger partial charge is 0.497 e. The Morgan fingerprint density at radius 1 is 1.13 bits per heavy atom. The summed E-state index contributed by atoms with van der Waals surface area (Å²) in [6.07, 6.45) is 4.49. The van der Waals surface area contributed by atoms with Gasteiger partial charge in [0.15, 0.2) is 0 Å². The molecule has 4 aromatic rings. The van der Waals surface area contributed by atoms with Crippen LogP contribution in [0.2, 0.25) is 0 Å². The number of rotatable bonds is 4. The minimum Gasteiger partial charge on any atom is -0.497 e. The number of hydrogen-bond donors (Lipinski definition) is 0. The van der Waals surface area contributed by atoms with Gasteiger partial charge in [0.25, 0.3) is 5.91 Å². The third-order valence-corrected chi connectivity index (χ3v) is 6.18. The van der Waals surface area contributed by atoms with E-state index in [9.17, 15) is 4.79 Å². The SMILES string of the molecule is COc1ccc(-c2ncnc3c2c(C(=O)N2CC[C@H](N(C)C)C2)c2ccccn23)cc1. The average molecular weight is 415 g/mol. The number of hydrogen-bond acceptors (Lipinski definition) is 5. The van der Waals surface area contributed by atoms with E-state index in [1.807, 2.05) is 58.0 Å². The van der Waals surface area contributed by atoms with Crippen LogP contribution in [0.3, 0.4) is 0 Å². The predicted molar refractivity (Wildman–Crippen MR) is 120 cm³/mol. The van der Waals surface area contributed by atoms with Gasteiger partial charge in [0, 0.05) is 30.9 Å². The summed E-state index contributed by atoms with van der Waals surface area (Å²) in [5, 5.41) is 0.789. The molecule has 4 heterocycles. The second kappa shape index (κ2) is 7.67. The highest BCUT2D eigenvalue weighted by molar-refractivity contribution is 6.16. The number of carbonyl (C=O) groups excluding carboxylic acids is 1. The lowest BCUT2D eigenvalue weighted by Gasteiger charge is -2.20. The van der Waals surface area contributed by atoms with Gasteiger partial charge in [-0.25, -0.2) is 9.97 Å². The van der Waals surface area contributed by atoms with Crippen LogP contribution in [0.1, 0.15) is 16.8 Å². The Kier molecular flexibility index (Phi) is 4.82. The van der Waals surface area contributed by atoms with Crippen molar-refractivity contribution in [3.8, 4) is 17.0 Å². The molecule has 158 valence electrons. The molecule has 0 N–H and O–H groups in total. The van der Waals surface area contributed by atoms with Crippen molar-refractivity contribution < 1.29 is 9.53 Å². The molecule has 1 fully saturated rings. The molecule has 1 atom stereocenters. The molecule has 0 unspecified atom stereocenters. The predicted octanol–water partition coefficient (Wildman–Crippen LogP) is 3.33. The van der Waals surface area contributed by atoms with Gasteiger partial charge in [-0.15, -0.1) is 0 Å². The van der Waals surface area contributed by atoms with Crippen molar-refractivity contribution in [3.05, 3.63) is 60.6 Å². The van der Waals surface area contributed by atoms with Crippen LogP contribution >= 0.6 is 0 Å².